The predicted molar refractivity (Wildman–Crippen MR) is 126 cm³/mol. The van der Waals surface area contributed by atoms with Crippen LogP contribution in [0.25, 0.3) is 0 Å². The van der Waals surface area contributed by atoms with Gasteiger partial charge in [0.15, 0.2) is 11.8 Å². The highest BCUT2D eigenvalue weighted by Crippen LogP contribution is 2.15. The minimum atomic E-state index is 0.528. The lowest BCUT2D eigenvalue weighted by Crippen LogP contribution is -2.37. The number of aryl methyl sites for hydroxylation is 3. The highest BCUT2D eigenvalue weighted by molar-refractivity contribution is 5.79. The normalized spacial score (nSPS) is 11.6. The molecule has 0 atom stereocenters. The zero-order valence-electron chi connectivity index (χ0n) is 19.9. The summed E-state index contributed by atoms with van der Waals surface area (Å²) in [5, 5.41) is 19.9. The molecule has 3 rings (SSSR count). The van der Waals surface area contributed by atoms with Gasteiger partial charge in [-0.1, -0.05) is 26.0 Å². The lowest BCUT2D eigenvalue weighted by atomic mass is 10.1. The molecule has 0 amide bonds. The number of aromatic nitrogens is 5. The molecule has 0 saturated heterocycles. The van der Waals surface area contributed by atoms with Crippen molar-refractivity contribution in [2.24, 2.45) is 19.1 Å². The number of nitrogens with zero attached hydrogens (tertiary/aromatic N) is 6. The fourth-order valence-corrected chi connectivity index (χ4v) is 3.61. The molecule has 9 heteroatoms. The molecule has 9 nitrogen and oxygen atoms in total. The molecule has 32 heavy (non-hydrogen) atoms. The van der Waals surface area contributed by atoms with Gasteiger partial charge in [0.05, 0.1) is 25.9 Å². The van der Waals surface area contributed by atoms with E-state index in [9.17, 15) is 0 Å². The first-order valence-corrected chi connectivity index (χ1v) is 11.0. The minimum absolute atomic E-state index is 0.528. The molecule has 0 aliphatic heterocycles. The number of methoxy groups -OCH3 is 1. The van der Waals surface area contributed by atoms with Crippen LogP contribution in [-0.2, 0) is 46.6 Å². The molecule has 0 aliphatic rings. The van der Waals surface area contributed by atoms with E-state index >= 15 is 0 Å². The van der Waals surface area contributed by atoms with Crippen molar-refractivity contribution in [2.75, 3.05) is 7.11 Å². The van der Waals surface area contributed by atoms with E-state index < -0.39 is 0 Å². The molecule has 3 aromatic rings. The van der Waals surface area contributed by atoms with Crippen LogP contribution in [0, 0.1) is 6.92 Å². The maximum Gasteiger partial charge on any atom is 0.192 e. The van der Waals surface area contributed by atoms with E-state index in [-0.39, 0.29) is 0 Å². The van der Waals surface area contributed by atoms with Gasteiger partial charge in [-0.15, -0.1) is 10.2 Å². The molecular weight excluding hydrogens is 404 g/mol. The van der Waals surface area contributed by atoms with Gasteiger partial charge in [0.25, 0.3) is 0 Å². The van der Waals surface area contributed by atoms with E-state index in [1.165, 1.54) is 11.3 Å². The Balaban J connectivity index is 1.77. The van der Waals surface area contributed by atoms with E-state index in [1.807, 2.05) is 54.5 Å². The Morgan fingerprint density at radius 2 is 1.75 bits per heavy atom. The molecule has 172 valence electrons. The quantitative estimate of drug-likeness (QED) is 0.394. The van der Waals surface area contributed by atoms with Crippen molar-refractivity contribution >= 4 is 5.96 Å². The largest absolute Gasteiger partial charge is 0.497 e. The maximum absolute atomic E-state index is 5.25. The Hall–Kier alpha value is -3.36. The van der Waals surface area contributed by atoms with Gasteiger partial charge in [-0.2, -0.15) is 5.10 Å². The highest BCUT2D eigenvalue weighted by Gasteiger charge is 2.14. The fourth-order valence-electron chi connectivity index (χ4n) is 3.61. The summed E-state index contributed by atoms with van der Waals surface area (Å²) in [7, 11) is 5.64. The lowest BCUT2D eigenvalue weighted by molar-refractivity contribution is 0.414. The van der Waals surface area contributed by atoms with Crippen molar-refractivity contribution in [3.63, 3.8) is 0 Å². The Morgan fingerprint density at radius 3 is 2.34 bits per heavy atom. The SMILES string of the molecule is CCc1nn(C)c(CC)c1CNC(=NCc1ccc(OC)cc1)NCc1nnc(C)n1C. The van der Waals surface area contributed by atoms with Gasteiger partial charge in [0.1, 0.15) is 11.6 Å². The maximum atomic E-state index is 5.25. The highest BCUT2D eigenvalue weighted by atomic mass is 16.5. The van der Waals surface area contributed by atoms with Crippen LogP contribution >= 0.6 is 0 Å². The van der Waals surface area contributed by atoms with E-state index in [2.05, 4.69) is 39.8 Å². The number of rotatable bonds is 9. The monoisotopic (exact) mass is 438 g/mol. The standard InChI is InChI=1S/C23H34N8O/c1-7-20-19(21(8-2)31(5)29-20)14-25-23(26-15-22-28-27-16(3)30(22)4)24-13-17-9-11-18(32-6)12-10-17/h9-12H,7-8,13-15H2,1-6H3,(H2,24,25,26). The zero-order chi connectivity index (χ0) is 23.1. The third-order valence-corrected chi connectivity index (χ3v) is 5.64. The first kappa shape index (κ1) is 23.3. The number of hydrogen-bond acceptors (Lipinski definition) is 5. The molecule has 0 saturated carbocycles. The van der Waals surface area contributed by atoms with E-state index in [0.717, 1.165) is 47.5 Å². The number of aliphatic imine (C=N–C) groups is 1. The Morgan fingerprint density at radius 1 is 1.03 bits per heavy atom. The third-order valence-electron chi connectivity index (χ3n) is 5.64. The topological polar surface area (TPSA) is 94.2 Å². The summed E-state index contributed by atoms with van der Waals surface area (Å²) in [5.74, 6) is 3.28. The average Bonchev–Trinajstić information content (AvgIpc) is 3.30. The second-order valence-corrected chi connectivity index (χ2v) is 7.65. The smallest absolute Gasteiger partial charge is 0.192 e. The van der Waals surface area contributed by atoms with Crippen LogP contribution < -0.4 is 15.4 Å². The fraction of sp³-hybridized carbons (Fsp3) is 0.478. The summed E-state index contributed by atoms with van der Waals surface area (Å²) >= 11 is 0. The molecule has 1 aromatic carbocycles. The second kappa shape index (κ2) is 10.8. The number of nitrogens with one attached hydrogen (secondary N) is 2. The van der Waals surface area contributed by atoms with Gasteiger partial charge in [-0.3, -0.25) is 4.68 Å². The molecule has 0 spiro atoms. The minimum Gasteiger partial charge on any atom is -0.497 e. The van der Waals surface area contributed by atoms with Crippen LogP contribution in [0.2, 0.25) is 0 Å². The molecule has 2 aromatic heterocycles. The van der Waals surface area contributed by atoms with Crippen LogP contribution in [0.1, 0.15) is 48.0 Å². The number of ether oxygens (including phenoxy) is 1. The van der Waals surface area contributed by atoms with Crippen molar-refractivity contribution < 1.29 is 4.74 Å². The van der Waals surface area contributed by atoms with E-state index in [1.54, 1.807) is 7.11 Å². The molecule has 0 radical (unpaired) electrons. The Bertz CT molecular complexity index is 1050. The molecule has 2 N–H and O–H groups in total. The van der Waals surface area contributed by atoms with Crippen LogP contribution in [-0.4, -0.2) is 37.6 Å². The average molecular weight is 439 g/mol. The van der Waals surface area contributed by atoms with Crippen molar-refractivity contribution in [1.29, 1.82) is 0 Å². The number of hydrogen-bond donors (Lipinski definition) is 2. The van der Waals surface area contributed by atoms with Gasteiger partial charge in [-0.05, 0) is 37.5 Å². The van der Waals surface area contributed by atoms with Crippen molar-refractivity contribution in [3.8, 4) is 5.75 Å². The summed E-state index contributed by atoms with van der Waals surface area (Å²) < 4.78 is 9.20. The number of guanidine groups is 1. The molecule has 0 bridgehead atoms. The molecule has 0 fully saturated rings. The third kappa shape index (κ3) is 5.46. The van der Waals surface area contributed by atoms with Crippen LogP contribution in [0.4, 0.5) is 0 Å². The number of benzene rings is 1. The van der Waals surface area contributed by atoms with Crippen molar-refractivity contribution in [1.82, 2.24) is 35.2 Å². The first-order chi connectivity index (χ1) is 15.5. The van der Waals surface area contributed by atoms with Gasteiger partial charge in [0, 0.05) is 31.9 Å². The van der Waals surface area contributed by atoms with Crippen molar-refractivity contribution in [2.45, 2.75) is 53.2 Å². The van der Waals surface area contributed by atoms with Crippen LogP contribution in [0.3, 0.4) is 0 Å². The summed E-state index contributed by atoms with van der Waals surface area (Å²) in [6.45, 7) is 7.97. The molecular formula is C23H34N8O. The summed E-state index contributed by atoms with van der Waals surface area (Å²) in [6.07, 6.45) is 1.83. The van der Waals surface area contributed by atoms with Gasteiger partial charge in [-0.25, -0.2) is 4.99 Å². The van der Waals surface area contributed by atoms with Crippen LogP contribution in [0.15, 0.2) is 29.3 Å². The van der Waals surface area contributed by atoms with E-state index in [0.29, 0.717) is 19.6 Å². The Labute approximate surface area is 189 Å². The van der Waals surface area contributed by atoms with Gasteiger partial charge >= 0.3 is 0 Å². The second-order valence-electron chi connectivity index (χ2n) is 7.65. The lowest BCUT2D eigenvalue weighted by Gasteiger charge is -2.14. The van der Waals surface area contributed by atoms with E-state index in [4.69, 9.17) is 9.73 Å². The predicted octanol–water partition coefficient (Wildman–Crippen LogP) is 2.43. The van der Waals surface area contributed by atoms with Gasteiger partial charge < -0.3 is 19.9 Å². The molecule has 0 aliphatic carbocycles. The molecule has 0 unspecified atom stereocenters. The zero-order valence-corrected chi connectivity index (χ0v) is 19.9. The van der Waals surface area contributed by atoms with Crippen molar-refractivity contribution in [3.05, 3.63) is 58.4 Å². The molecule has 2 heterocycles. The first-order valence-electron chi connectivity index (χ1n) is 11.0. The Kier molecular flexibility index (Phi) is 7.86. The van der Waals surface area contributed by atoms with Crippen LogP contribution in [0.5, 0.6) is 5.75 Å². The summed E-state index contributed by atoms with van der Waals surface area (Å²) in [4.78, 5) is 4.80. The van der Waals surface area contributed by atoms with Gasteiger partial charge in [0.2, 0.25) is 0 Å². The summed E-state index contributed by atoms with van der Waals surface area (Å²) in [6, 6.07) is 7.95. The summed E-state index contributed by atoms with van der Waals surface area (Å²) in [5.41, 5.74) is 4.71.